The first-order valence-corrected chi connectivity index (χ1v) is 10.9. The standard InChI is InChI=1S/C22H27BrO10/c1-11-9-16(23)7-8-17(11)31-21-22(6,33-15(5)27)20(30-14(4)26)19(29-13(3)25)18(32-21)10-28-12(2)24/h7-9,18-21H,10H2,1-6H3. The molecule has 1 aliphatic rings. The number of aryl methyl sites for hydroxylation is 1. The van der Waals surface area contributed by atoms with Crippen molar-refractivity contribution in [3.8, 4) is 5.75 Å². The Kier molecular flexibility index (Phi) is 8.84. The number of carbonyl (C=O) groups is 4. The summed E-state index contributed by atoms with van der Waals surface area (Å²) in [7, 11) is 0. The fourth-order valence-corrected chi connectivity index (χ4v) is 3.95. The molecule has 1 aromatic rings. The van der Waals surface area contributed by atoms with Gasteiger partial charge < -0.3 is 28.4 Å². The topological polar surface area (TPSA) is 124 Å². The Hall–Kier alpha value is -2.66. The molecule has 2 rings (SSSR count). The maximum Gasteiger partial charge on any atom is 0.303 e. The summed E-state index contributed by atoms with van der Waals surface area (Å²) in [5.41, 5.74) is -0.995. The van der Waals surface area contributed by atoms with E-state index in [1.807, 2.05) is 6.07 Å². The lowest BCUT2D eigenvalue weighted by Gasteiger charge is -2.49. The predicted molar refractivity (Wildman–Crippen MR) is 116 cm³/mol. The second-order valence-corrected chi connectivity index (χ2v) is 8.63. The molecule has 0 saturated carbocycles. The Labute approximate surface area is 199 Å². The first kappa shape index (κ1) is 26.6. The van der Waals surface area contributed by atoms with Gasteiger partial charge in [-0.15, -0.1) is 0 Å². The normalized spacial score (nSPS) is 26.6. The van der Waals surface area contributed by atoms with Crippen LogP contribution in [0.3, 0.4) is 0 Å². The van der Waals surface area contributed by atoms with Gasteiger partial charge in [-0.1, -0.05) is 15.9 Å². The molecule has 0 aromatic heterocycles. The zero-order valence-electron chi connectivity index (χ0n) is 19.2. The van der Waals surface area contributed by atoms with Gasteiger partial charge in [0.25, 0.3) is 0 Å². The molecule has 1 saturated heterocycles. The molecule has 10 nitrogen and oxygen atoms in total. The Bertz CT molecular complexity index is 916. The average Bonchev–Trinajstić information content (AvgIpc) is 2.66. The lowest BCUT2D eigenvalue weighted by Crippen LogP contribution is -2.70. The maximum atomic E-state index is 12.0. The van der Waals surface area contributed by atoms with Gasteiger partial charge in [0.2, 0.25) is 11.9 Å². The molecule has 1 fully saturated rings. The molecule has 11 heteroatoms. The number of hydrogen-bond acceptors (Lipinski definition) is 10. The van der Waals surface area contributed by atoms with Crippen molar-refractivity contribution >= 4 is 39.8 Å². The van der Waals surface area contributed by atoms with E-state index < -0.39 is 54.1 Å². The number of ether oxygens (including phenoxy) is 6. The van der Waals surface area contributed by atoms with E-state index >= 15 is 0 Å². The molecular formula is C22H27BrO10. The Morgan fingerprint density at radius 2 is 1.64 bits per heavy atom. The van der Waals surface area contributed by atoms with E-state index in [0.717, 1.165) is 23.9 Å². The van der Waals surface area contributed by atoms with E-state index in [4.69, 9.17) is 28.4 Å². The largest absolute Gasteiger partial charge is 0.463 e. The molecule has 33 heavy (non-hydrogen) atoms. The summed E-state index contributed by atoms with van der Waals surface area (Å²) in [5, 5.41) is 0. The first-order valence-electron chi connectivity index (χ1n) is 10.1. The van der Waals surface area contributed by atoms with E-state index in [0.29, 0.717) is 5.75 Å². The van der Waals surface area contributed by atoms with Gasteiger partial charge in [0.15, 0.2) is 12.2 Å². The quantitative estimate of drug-likeness (QED) is 0.383. The highest BCUT2D eigenvalue weighted by molar-refractivity contribution is 9.10. The minimum atomic E-state index is -1.73. The molecule has 5 unspecified atom stereocenters. The van der Waals surface area contributed by atoms with Crippen molar-refractivity contribution in [1.29, 1.82) is 0 Å². The zero-order chi connectivity index (χ0) is 24.9. The molecule has 1 aromatic carbocycles. The fourth-order valence-electron chi connectivity index (χ4n) is 3.47. The summed E-state index contributed by atoms with van der Waals surface area (Å²) in [5.74, 6) is -2.33. The summed E-state index contributed by atoms with van der Waals surface area (Å²) < 4.78 is 34.4. The molecule has 1 aliphatic heterocycles. The summed E-state index contributed by atoms with van der Waals surface area (Å²) in [6.45, 7) is 7.60. The molecule has 0 radical (unpaired) electrons. The van der Waals surface area contributed by atoms with Crippen molar-refractivity contribution in [2.24, 2.45) is 0 Å². The third kappa shape index (κ3) is 6.91. The van der Waals surface area contributed by atoms with Crippen LogP contribution in [0.5, 0.6) is 5.75 Å². The highest BCUT2D eigenvalue weighted by Gasteiger charge is 2.61. The van der Waals surface area contributed by atoms with Crippen LogP contribution in [-0.2, 0) is 42.9 Å². The molecule has 0 spiro atoms. The van der Waals surface area contributed by atoms with Crippen LogP contribution in [0.2, 0.25) is 0 Å². The molecule has 5 atom stereocenters. The number of carbonyl (C=O) groups excluding carboxylic acids is 4. The van der Waals surface area contributed by atoms with Gasteiger partial charge in [-0.05, 0) is 37.6 Å². The van der Waals surface area contributed by atoms with Gasteiger partial charge in [0.05, 0.1) is 0 Å². The number of hydrogen-bond donors (Lipinski definition) is 0. The van der Waals surface area contributed by atoms with Gasteiger partial charge >= 0.3 is 23.9 Å². The second kappa shape index (κ2) is 11.0. The van der Waals surface area contributed by atoms with Crippen molar-refractivity contribution in [1.82, 2.24) is 0 Å². The lowest BCUT2D eigenvalue weighted by atomic mass is 9.87. The van der Waals surface area contributed by atoms with E-state index in [1.54, 1.807) is 19.1 Å². The van der Waals surface area contributed by atoms with Crippen molar-refractivity contribution in [3.63, 3.8) is 0 Å². The number of benzene rings is 1. The summed E-state index contributed by atoms with van der Waals surface area (Å²) in [6.07, 6.45) is -5.01. The Morgan fingerprint density at radius 3 is 2.15 bits per heavy atom. The van der Waals surface area contributed by atoms with Gasteiger partial charge in [-0.2, -0.15) is 0 Å². The van der Waals surface area contributed by atoms with Crippen LogP contribution in [0.1, 0.15) is 40.2 Å². The molecule has 0 N–H and O–H groups in total. The summed E-state index contributed by atoms with van der Waals surface area (Å²) in [4.78, 5) is 47.3. The van der Waals surface area contributed by atoms with Crippen LogP contribution < -0.4 is 4.74 Å². The third-order valence-electron chi connectivity index (χ3n) is 4.78. The first-order chi connectivity index (χ1) is 15.3. The highest BCUT2D eigenvalue weighted by Crippen LogP contribution is 2.39. The smallest absolute Gasteiger partial charge is 0.303 e. The number of rotatable bonds is 7. The van der Waals surface area contributed by atoms with Gasteiger partial charge in [-0.3, -0.25) is 19.2 Å². The molecule has 0 amide bonds. The third-order valence-corrected chi connectivity index (χ3v) is 5.27. The van der Waals surface area contributed by atoms with Crippen molar-refractivity contribution in [3.05, 3.63) is 28.2 Å². The van der Waals surface area contributed by atoms with Gasteiger partial charge in [0.1, 0.15) is 18.5 Å². The van der Waals surface area contributed by atoms with Crippen molar-refractivity contribution in [2.75, 3.05) is 6.61 Å². The Balaban J connectivity index is 2.57. The van der Waals surface area contributed by atoms with E-state index in [1.165, 1.54) is 20.8 Å². The van der Waals surface area contributed by atoms with Crippen molar-refractivity contribution in [2.45, 2.75) is 71.7 Å². The molecule has 182 valence electrons. The van der Waals surface area contributed by atoms with E-state index in [9.17, 15) is 19.2 Å². The summed E-state index contributed by atoms with van der Waals surface area (Å²) in [6, 6.07) is 5.23. The monoisotopic (exact) mass is 530 g/mol. The maximum absolute atomic E-state index is 12.0. The van der Waals surface area contributed by atoms with E-state index in [-0.39, 0.29) is 6.61 Å². The minimum absolute atomic E-state index is 0.333. The SMILES string of the molecule is CC(=O)OCC1OC(Oc2ccc(Br)cc2C)C(C)(OC(C)=O)C(OC(C)=O)C1OC(C)=O. The molecule has 1 heterocycles. The highest BCUT2D eigenvalue weighted by atomic mass is 79.9. The fraction of sp³-hybridized carbons (Fsp3) is 0.545. The number of esters is 4. The van der Waals surface area contributed by atoms with Crippen LogP contribution in [0.4, 0.5) is 0 Å². The zero-order valence-corrected chi connectivity index (χ0v) is 20.8. The van der Waals surface area contributed by atoms with Gasteiger partial charge in [-0.25, -0.2) is 0 Å². The second-order valence-electron chi connectivity index (χ2n) is 7.72. The number of halogens is 1. The van der Waals surface area contributed by atoms with Crippen molar-refractivity contribution < 1.29 is 47.6 Å². The van der Waals surface area contributed by atoms with Crippen LogP contribution >= 0.6 is 15.9 Å². The molecule has 0 aliphatic carbocycles. The van der Waals surface area contributed by atoms with Gasteiger partial charge in [0, 0.05) is 32.2 Å². The molecular weight excluding hydrogens is 504 g/mol. The average molecular weight is 531 g/mol. The van der Waals surface area contributed by atoms with Crippen LogP contribution in [0.25, 0.3) is 0 Å². The Morgan fingerprint density at radius 1 is 1.00 bits per heavy atom. The van der Waals surface area contributed by atoms with Crippen LogP contribution in [0.15, 0.2) is 22.7 Å². The summed E-state index contributed by atoms with van der Waals surface area (Å²) >= 11 is 3.38. The van der Waals surface area contributed by atoms with E-state index in [2.05, 4.69) is 15.9 Å². The van der Waals surface area contributed by atoms with Crippen LogP contribution in [0, 0.1) is 6.92 Å². The minimum Gasteiger partial charge on any atom is -0.463 e. The predicted octanol–water partition coefficient (Wildman–Crippen LogP) is 2.61. The molecule has 0 bridgehead atoms. The van der Waals surface area contributed by atoms with Crippen LogP contribution in [-0.4, -0.2) is 60.7 Å². The lowest BCUT2D eigenvalue weighted by molar-refractivity contribution is -0.321.